The highest BCUT2D eigenvalue weighted by Gasteiger charge is 2.40. The highest BCUT2D eigenvalue weighted by Crippen LogP contribution is 2.47. The zero-order valence-corrected chi connectivity index (χ0v) is 19.0. The Balaban J connectivity index is 1.26. The number of rotatable bonds is 7. The Kier molecular flexibility index (Phi) is 5.34. The second kappa shape index (κ2) is 8.31. The SMILES string of the molecule is Cc1nnc(CN(C)c2cc(OC[C@H]3C[C@@H]3c3ccc4ccccc4n3)nn(C)c2=O)s1. The summed E-state index contributed by atoms with van der Waals surface area (Å²) in [6, 6.07) is 14.1. The maximum absolute atomic E-state index is 12.6. The molecule has 5 rings (SSSR count). The summed E-state index contributed by atoms with van der Waals surface area (Å²) in [5.74, 6) is 1.24. The normalized spacial score (nSPS) is 17.5. The molecule has 3 aromatic heterocycles. The van der Waals surface area contributed by atoms with E-state index < -0.39 is 0 Å². The first-order valence-corrected chi connectivity index (χ1v) is 11.4. The number of anilines is 1. The van der Waals surface area contributed by atoms with Gasteiger partial charge in [-0.25, -0.2) is 4.68 Å². The van der Waals surface area contributed by atoms with Crippen LogP contribution in [0.2, 0.25) is 0 Å². The summed E-state index contributed by atoms with van der Waals surface area (Å²) >= 11 is 1.52. The average molecular weight is 449 g/mol. The predicted molar refractivity (Wildman–Crippen MR) is 124 cm³/mol. The molecule has 0 bridgehead atoms. The summed E-state index contributed by atoms with van der Waals surface area (Å²) < 4.78 is 7.32. The second-order valence-electron chi connectivity index (χ2n) is 8.21. The molecule has 4 aromatic rings. The third-order valence-corrected chi connectivity index (χ3v) is 6.56. The van der Waals surface area contributed by atoms with E-state index in [1.165, 1.54) is 16.0 Å². The summed E-state index contributed by atoms with van der Waals surface area (Å²) in [4.78, 5) is 19.3. The molecular weight excluding hydrogens is 424 g/mol. The van der Waals surface area contributed by atoms with Gasteiger partial charge < -0.3 is 9.64 Å². The lowest BCUT2D eigenvalue weighted by Crippen LogP contribution is -2.29. The Morgan fingerprint density at radius 1 is 1.22 bits per heavy atom. The van der Waals surface area contributed by atoms with Crippen LogP contribution >= 0.6 is 11.3 Å². The zero-order chi connectivity index (χ0) is 22.2. The molecule has 0 unspecified atom stereocenters. The molecule has 1 aliphatic rings. The van der Waals surface area contributed by atoms with Gasteiger partial charge in [0.25, 0.3) is 5.56 Å². The van der Waals surface area contributed by atoms with E-state index in [9.17, 15) is 4.79 Å². The van der Waals surface area contributed by atoms with Crippen molar-refractivity contribution in [2.75, 3.05) is 18.6 Å². The number of hydrogen-bond donors (Lipinski definition) is 0. The topological polar surface area (TPSA) is 86.0 Å². The van der Waals surface area contributed by atoms with Crippen molar-refractivity contribution in [3.8, 4) is 5.88 Å². The van der Waals surface area contributed by atoms with Gasteiger partial charge in [-0.1, -0.05) is 35.6 Å². The van der Waals surface area contributed by atoms with Gasteiger partial charge in [0.15, 0.2) is 0 Å². The molecule has 1 fully saturated rings. The molecule has 8 nitrogen and oxygen atoms in total. The van der Waals surface area contributed by atoms with Crippen LogP contribution in [0.15, 0.2) is 47.3 Å². The van der Waals surface area contributed by atoms with Gasteiger partial charge >= 0.3 is 0 Å². The van der Waals surface area contributed by atoms with Crippen molar-refractivity contribution in [2.45, 2.75) is 25.8 Å². The van der Waals surface area contributed by atoms with Crippen molar-refractivity contribution in [2.24, 2.45) is 13.0 Å². The van der Waals surface area contributed by atoms with Gasteiger partial charge in [0.2, 0.25) is 5.88 Å². The van der Waals surface area contributed by atoms with Crippen molar-refractivity contribution in [1.82, 2.24) is 25.0 Å². The highest BCUT2D eigenvalue weighted by molar-refractivity contribution is 7.11. The maximum atomic E-state index is 12.6. The molecule has 2 atom stereocenters. The molecule has 9 heteroatoms. The Labute approximate surface area is 189 Å². The molecule has 1 aromatic carbocycles. The van der Waals surface area contributed by atoms with Gasteiger partial charge in [0, 0.05) is 43.1 Å². The number of aryl methyl sites for hydroxylation is 2. The first-order valence-electron chi connectivity index (χ1n) is 10.5. The molecule has 0 spiro atoms. The second-order valence-corrected chi connectivity index (χ2v) is 9.48. The monoisotopic (exact) mass is 448 g/mol. The Morgan fingerprint density at radius 2 is 2.06 bits per heavy atom. The Hall–Kier alpha value is -3.33. The predicted octanol–water partition coefficient (Wildman–Crippen LogP) is 3.31. The lowest BCUT2D eigenvalue weighted by Gasteiger charge is -2.18. The minimum absolute atomic E-state index is 0.175. The van der Waals surface area contributed by atoms with Crippen LogP contribution in [0.25, 0.3) is 10.9 Å². The van der Waals surface area contributed by atoms with Gasteiger partial charge in [0.1, 0.15) is 15.7 Å². The van der Waals surface area contributed by atoms with E-state index in [0.29, 0.717) is 36.6 Å². The Morgan fingerprint density at radius 3 is 2.88 bits per heavy atom. The van der Waals surface area contributed by atoms with E-state index >= 15 is 0 Å². The zero-order valence-electron chi connectivity index (χ0n) is 18.2. The van der Waals surface area contributed by atoms with Crippen molar-refractivity contribution in [1.29, 1.82) is 0 Å². The molecule has 0 amide bonds. The third kappa shape index (κ3) is 4.20. The molecule has 1 aliphatic carbocycles. The summed E-state index contributed by atoms with van der Waals surface area (Å²) in [5, 5.41) is 15.4. The number of ether oxygens (including phenoxy) is 1. The van der Waals surface area contributed by atoms with Crippen molar-refractivity contribution in [3.05, 3.63) is 68.5 Å². The molecule has 3 heterocycles. The first-order chi connectivity index (χ1) is 15.5. The van der Waals surface area contributed by atoms with E-state index in [4.69, 9.17) is 9.72 Å². The fourth-order valence-corrected chi connectivity index (χ4v) is 4.64. The standard InChI is InChI=1S/C23H24N6O2S/c1-14-25-26-22(32-14)12-28(2)20-11-21(27-29(3)23(20)30)31-13-16-10-17(16)19-9-8-15-6-4-5-7-18(15)24-19/h4-9,11,16-17H,10,12-13H2,1-3H3/t16-,17+/m1/s1. The minimum Gasteiger partial charge on any atom is -0.476 e. The molecule has 0 aliphatic heterocycles. The summed E-state index contributed by atoms with van der Waals surface area (Å²) in [6.45, 7) is 2.96. The molecule has 1 saturated carbocycles. The largest absolute Gasteiger partial charge is 0.476 e. The van der Waals surface area contributed by atoms with Gasteiger partial charge in [-0.2, -0.15) is 0 Å². The number of hydrogen-bond acceptors (Lipinski definition) is 8. The molecule has 0 saturated heterocycles. The average Bonchev–Trinajstić information content (AvgIpc) is 3.46. The van der Waals surface area contributed by atoms with Crippen LogP contribution in [-0.2, 0) is 13.6 Å². The molecular formula is C23H24N6O2S. The fourth-order valence-electron chi connectivity index (χ4n) is 3.87. The third-order valence-electron chi connectivity index (χ3n) is 5.74. The van der Waals surface area contributed by atoms with Gasteiger partial charge in [0.05, 0.1) is 18.7 Å². The van der Waals surface area contributed by atoms with Crippen molar-refractivity contribution in [3.63, 3.8) is 0 Å². The van der Waals surface area contributed by atoms with Crippen molar-refractivity contribution < 1.29 is 4.74 Å². The van der Waals surface area contributed by atoms with Crippen LogP contribution < -0.4 is 15.2 Å². The van der Waals surface area contributed by atoms with Gasteiger partial charge in [-0.05, 0) is 25.5 Å². The number of aromatic nitrogens is 5. The summed E-state index contributed by atoms with van der Waals surface area (Å²) in [7, 11) is 3.50. The van der Waals surface area contributed by atoms with Gasteiger partial charge in [-0.3, -0.25) is 9.78 Å². The van der Waals surface area contributed by atoms with Crippen LogP contribution in [0.5, 0.6) is 5.88 Å². The van der Waals surface area contributed by atoms with E-state index in [1.54, 1.807) is 13.1 Å². The van der Waals surface area contributed by atoms with Crippen LogP contribution in [0.1, 0.15) is 28.0 Å². The van der Waals surface area contributed by atoms with E-state index in [2.05, 4.69) is 33.5 Å². The molecule has 32 heavy (non-hydrogen) atoms. The lowest BCUT2D eigenvalue weighted by molar-refractivity contribution is 0.278. The molecule has 0 radical (unpaired) electrons. The maximum Gasteiger partial charge on any atom is 0.290 e. The molecule has 164 valence electrons. The lowest BCUT2D eigenvalue weighted by atomic mass is 10.1. The quantitative estimate of drug-likeness (QED) is 0.429. The highest BCUT2D eigenvalue weighted by atomic mass is 32.1. The van der Waals surface area contributed by atoms with Crippen LogP contribution in [-0.4, -0.2) is 38.6 Å². The fraction of sp³-hybridized carbons (Fsp3) is 0.348. The first kappa shape index (κ1) is 20.6. The minimum atomic E-state index is -0.175. The van der Waals surface area contributed by atoms with Gasteiger partial charge in [-0.15, -0.1) is 15.3 Å². The van der Waals surface area contributed by atoms with Crippen LogP contribution in [0.3, 0.4) is 0 Å². The summed E-state index contributed by atoms with van der Waals surface area (Å²) in [6.07, 6.45) is 1.04. The van der Waals surface area contributed by atoms with E-state index in [1.807, 2.05) is 37.1 Å². The van der Waals surface area contributed by atoms with Crippen LogP contribution in [0, 0.1) is 12.8 Å². The number of fused-ring (bicyclic) bond motifs is 1. The van der Waals surface area contributed by atoms with E-state index in [-0.39, 0.29) is 5.56 Å². The van der Waals surface area contributed by atoms with Crippen molar-refractivity contribution >= 4 is 27.9 Å². The molecule has 0 N–H and O–H groups in total. The number of pyridine rings is 1. The smallest absolute Gasteiger partial charge is 0.290 e. The summed E-state index contributed by atoms with van der Waals surface area (Å²) in [5.41, 5.74) is 2.48. The number of para-hydroxylation sites is 1. The van der Waals surface area contributed by atoms with Crippen LogP contribution in [0.4, 0.5) is 5.69 Å². The number of benzene rings is 1. The number of nitrogens with zero attached hydrogens (tertiary/aromatic N) is 6. The van der Waals surface area contributed by atoms with E-state index in [0.717, 1.165) is 33.0 Å². The Bertz CT molecular complexity index is 1330.